The van der Waals surface area contributed by atoms with Crippen LogP contribution in [0, 0.1) is 11.3 Å². The summed E-state index contributed by atoms with van der Waals surface area (Å²) < 4.78 is 2.23. The van der Waals surface area contributed by atoms with Gasteiger partial charge in [-0.2, -0.15) is 5.26 Å². The Kier molecular flexibility index (Phi) is 2.87. The lowest BCUT2D eigenvalue weighted by Crippen LogP contribution is -2.15. The lowest BCUT2D eigenvalue weighted by atomic mass is 9.82. The van der Waals surface area contributed by atoms with Gasteiger partial charge >= 0.3 is 0 Å². The molecule has 0 saturated carbocycles. The maximum Gasteiger partial charge on any atom is 0.0995 e. The van der Waals surface area contributed by atoms with Crippen LogP contribution < -0.4 is 0 Å². The first kappa shape index (κ1) is 13.6. The number of aryl methyl sites for hydroxylation is 1. The van der Waals surface area contributed by atoms with Gasteiger partial charge in [0.1, 0.15) is 0 Å². The SMILES string of the molecule is N#Cc1ccc2c(c1[C@@H]1c3ccccc3-c3cncn31)CCCC2. The van der Waals surface area contributed by atoms with Crippen molar-refractivity contribution >= 4 is 0 Å². The van der Waals surface area contributed by atoms with E-state index in [1.807, 2.05) is 18.6 Å². The number of aromatic nitrogens is 2. The minimum atomic E-state index is 0.0707. The van der Waals surface area contributed by atoms with Gasteiger partial charge in [0.2, 0.25) is 0 Å². The summed E-state index contributed by atoms with van der Waals surface area (Å²) >= 11 is 0. The molecule has 2 aliphatic rings. The Labute approximate surface area is 141 Å². The molecule has 2 heterocycles. The molecule has 3 heteroatoms. The topological polar surface area (TPSA) is 41.6 Å². The summed E-state index contributed by atoms with van der Waals surface area (Å²) in [7, 11) is 0. The predicted molar refractivity (Wildman–Crippen MR) is 92.7 cm³/mol. The quantitative estimate of drug-likeness (QED) is 0.527. The first-order valence-electron chi connectivity index (χ1n) is 8.54. The van der Waals surface area contributed by atoms with Gasteiger partial charge in [0, 0.05) is 11.1 Å². The van der Waals surface area contributed by atoms with Crippen molar-refractivity contribution in [3.63, 3.8) is 0 Å². The van der Waals surface area contributed by atoms with E-state index in [9.17, 15) is 5.26 Å². The third-order valence-corrected chi connectivity index (χ3v) is 5.45. The average Bonchev–Trinajstić information content (AvgIpc) is 3.22. The van der Waals surface area contributed by atoms with Crippen LogP contribution in [0.25, 0.3) is 11.3 Å². The van der Waals surface area contributed by atoms with Crippen LogP contribution in [-0.2, 0) is 12.8 Å². The van der Waals surface area contributed by atoms with Crippen molar-refractivity contribution in [2.45, 2.75) is 31.7 Å². The number of rotatable bonds is 1. The van der Waals surface area contributed by atoms with Gasteiger partial charge < -0.3 is 4.57 Å². The van der Waals surface area contributed by atoms with E-state index in [4.69, 9.17) is 0 Å². The average molecular weight is 311 g/mol. The summed E-state index contributed by atoms with van der Waals surface area (Å²) in [5, 5.41) is 9.75. The molecule has 2 aromatic carbocycles. The first-order chi connectivity index (χ1) is 11.9. The van der Waals surface area contributed by atoms with E-state index >= 15 is 0 Å². The minimum absolute atomic E-state index is 0.0707. The molecule has 0 bridgehead atoms. The highest BCUT2D eigenvalue weighted by molar-refractivity contribution is 5.72. The van der Waals surface area contributed by atoms with Gasteiger partial charge in [0.25, 0.3) is 0 Å². The molecule has 1 atom stereocenters. The Morgan fingerprint density at radius 3 is 2.88 bits per heavy atom. The first-order valence-corrected chi connectivity index (χ1v) is 8.54. The Balaban J connectivity index is 1.83. The zero-order chi connectivity index (χ0) is 16.1. The number of nitrogens with zero attached hydrogens (tertiary/aromatic N) is 3. The lowest BCUT2D eigenvalue weighted by Gasteiger charge is -2.25. The summed E-state index contributed by atoms with van der Waals surface area (Å²) in [5.41, 5.74) is 8.47. The monoisotopic (exact) mass is 311 g/mol. The summed E-state index contributed by atoms with van der Waals surface area (Å²) in [6.07, 6.45) is 8.49. The van der Waals surface area contributed by atoms with Gasteiger partial charge in [-0.1, -0.05) is 30.3 Å². The molecule has 1 aliphatic heterocycles. The second-order valence-corrected chi connectivity index (χ2v) is 6.66. The zero-order valence-corrected chi connectivity index (χ0v) is 13.4. The van der Waals surface area contributed by atoms with E-state index in [1.165, 1.54) is 40.7 Å². The molecule has 0 unspecified atom stereocenters. The number of hydrogen-bond acceptors (Lipinski definition) is 2. The number of hydrogen-bond donors (Lipinski definition) is 0. The molecule has 3 nitrogen and oxygen atoms in total. The molecule has 0 fully saturated rings. The number of nitriles is 1. The molecule has 116 valence electrons. The van der Waals surface area contributed by atoms with Crippen molar-refractivity contribution in [2.24, 2.45) is 0 Å². The Hall–Kier alpha value is -2.86. The molecular formula is C21H17N3. The van der Waals surface area contributed by atoms with Crippen LogP contribution >= 0.6 is 0 Å². The minimum Gasteiger partial charge on any atom is -0.319 e. The third kappa shape index (κ3) is 1.74. The molecule has 3 aromatic rings. The highest BCUT2D eigenvalue weighted by Gasteiger charge is 2.33. The van der Waals surface area contributed by atoms with Crippen molar-refractivity contribution in [2.75, 3.05) is 0 Å². The van der Waals surface area contributed by atoms with Crippen molar-refractivity contribution in [1.82, 2.24) is 9.55 Å². The second-order valence-electron chi connectivity index (χ2n) is 6.66. The van der Waals surface area contributed by atoms with Gasteiger partial charge in [-0.15, -0.1) is 0 Å². The van der Waals surface area contributed by atoms with Crippen molar-refractivity contribution in [3.8, 4) is 17.3 Å². The number of benzene rings is 2. The molecule has 0 N–H and O–H groups in total. The second kappa shape index (κ2) is 5.07. The molecule has 1 aliphatic carbocycles. The van der Waals surface area contributed by atoms with E-state index in [-0.39, 0.29) is 6.04 Å². The van der Waals surface area contributed by atoms with Gasteiger partial charge in [-0.3, -0.25) is 0 Å². The molecule has 5 rings (SSSR count). The molecule has 0 radical (unpaired) electrons. The highest BCUT2D eigenvalue weighted by atomic mass is 15.1. The van der Waals surface area contributed by atoms with Crippen LogP contribution in [0.15, 0.2) is 48.9 Å². The Bertz CT molecular complexity index is 991. The maximum absolute atomic E-state index is 9.75. The molecule has 24 heavy (non-hydrogen) atoms. The van der Waals surface area contributed by atoms with E-state index in [1.54, 1.807) is 0 Å². The fourth-order valence-corrected chi connectivity index (χ4v) is 4.40. The normalized spacial score (nSPS) is 17.7. The van der Waals surface area contributed by atoms with Gasteiger partial charge in [0.15, 0.2) is 0 Å². The predicted octanol–water partition coefficient (Wildman–Crippen LogP) is 4.25. The molecule has 0 saturated heterocycles. The summed E-state index contributed by atoms with van der Waals surface area (Å²) in [4.78, 5) is 4.37. The lowest BCUT2D eigenvalue weighted by molar-refractivity contribution is 0.648. The van der Waals surface area contributed by atoms with Crippen LogP contribution in [0.5, 0.6) is 0 Å². The van der Waals surface area contributed by atoms with E-state index in [2.05, 4.69) is 46.0 Å². The molecule has 0 amide bonds. The fourth-order valence-electron chi connectivity index (χ4n) is 4.40. The maximum atomic E-state index is 9.75. The van der Waals surface area contributed by atoms with Gasteiger partial charge in [0.05, 0.1) is 35.9 Å². The van der Waals surface area contributed by atoms with Crippen molar-refractivity contribution in [1.29, 1.82) is 5.26 Å². The van der Waals surface area contributed by atoms with Gasteiger partial charge in [-0.25, -0.2) is 4.98 Å². The fraction of sp³-hybridized carbons (Fsp3) is 0.238. The standard InChI is InChI=1S/C21H17N3/c22-11-15-10-9-14-5-1-2-6-16(14)20(15)21-18-8-4-3-7-17(18)19-12-23-13-24(19)21/h3-4,7-10,12-13,21H,1-2,5-6H2/t21-/m0/s1. The summed E-state index contributed by atoms with van der Waals surface area (Å²) in [6.45, 7) is 0. The third-order valence-electron chi connectivity index (χ3n) is 5.45. The molecular weight excluding hydrogens is 294 g/mol. The number of fused-ring (bicyclic) bond motifs is 4. The largest absolute Gasteiger partial charge is 0.319 e. The number of imidazole rings is 1. The molecule has 1 aromatic heterocycles. The Morgan fingerprint density at radius 2 is 1.96 bits per heavy atom. The van der Waals surface area contributed by atoms with Crippen molar-refractivity contribution in [3.05, 3.63) is 76.7 Å². The smallest absolute Gasteiger partial charge is 0.0995 e. The highest BCUT2D eigenvalue weighted by Crippen LogP contribution is 2.45. The van der Waals surface area contributed by atoms with Gasteiger partial charge in [-0.05, 0) is 48.4 Å². The van der Waals surface area contributed by atoms with Crippen LogP contribution in [0.4, 0.5) is 0 Å². The summed E-state index contributed by atoms with van der Waals surface area (Å²) in [6, 6.07) is 15.2. The van der Waals surface area contributed by atoms with E-state index in [0.717, 1.165) is 24.1 Å². The van der Waals surface area contributed by atoms with E-state index in [0.29, 0.717) is 0 Å². The van der Waals surface area contributed by atoms with Crippen molar-refractivity contribution < 1.29 is 0 Å². The summed E-state index contributed by atoms with van der Waals surface area (Å²) in [5.74, 6) is 0. The van der Waals surface area contributed by atoms with Crippen LogP contribution in [0.1, 0.15) is 46.7 Å². The zero-order valence-electron chi connectivity index (χ0n) is 13.4. The van der Waals surface area contributed by atoms with Crippen LogP contribution in [0.2, 0.25) is 0 Å². The van der Waals surface area contributed by atoms with E-state index < -0.39 is 0 Å². The molecule has 0 spiro atoms. The Morgan fingerprint density at radius 1 is 1.08 bits per heavy atom. The van der Waals surface area contributed by atoms with Crippen LogP contribution in [0.3, 0.4) is 0 Å². The van der Waals surface area contributed by atoms with Crippen LogP contribution in [-0.4, -0.2) is 9.55 Å².